The van der Waals surface area contributed by atoms with Crippen LogP contribution < -0.4 is 39.8 Å². The molecule has 0 radical (unpaired) electrons. The van der Waals surface area contributed by atoms with E-state index in [1.807, 2.05) is 4.90 Å². The van der Waals surface area contributed by atoms with Crippen LogP contribution in [0.15, 0.2) is 48.5 Å². The molecule has 0 spiro atoms. The summed E-state index contributed by atoms with van der Waals surface area (Å²) in [5.41, 5.74) is 0.167. The quantitative estimate of drug-likeness (QED) is 0.728. The molecule has 1 fully saturated rings. The van der Waals surface area contributed by atoms with Crippen LogP contribution in [0.3, 0.4) is 0 Å². The van der Waals surface area contributed by atoms with Crippen molar-refractivity contribution in [3.63, 3.8) is 0 Å². The van der Waals surface area contributed by atoms with Crippen LogP contribution in [-0.2, 0) is 6.18 Å². The Hall–Kier alpha value is -2.23. The Balaban J connectivity index is 0.00000225. The van der Waals surface area contributed by atoms with Crippen LogP contribution in [0.5, 0.6) is 0 Å². The Morgan fingerprint density at radius 1 is 0.966 bits per heavy atom. The minimum atomic E-state index is -4.37. The van der Waals surface area contributed by atoms with Gasteiger partial charge in [0.15, 0.2) is 0 Å². The molecule has 2 aromatic carbocycles. The van der Waals surface area contributed by atoms with Crippen LogP contribution in [-0.4, -0.2) is 48.2 Å². The Morgan fingerprint density at radius 3 is 2.10 bits per heavy atom. The summed E-state index contributed by atoms with van der Waals surface area (Å²) in [5.74, 6) is -1.14. The molecule has 0 unspecified atom stereocenters. The predicted molar refractivity (Wildman–Crippen MR) is 98.8 cm³/mol. The van der Waals surface area contributed by atoms with Gasteiger partial charge < -0.3 is 21.6 Å². The predicted octanol–water partition coefficient (Wildman–Crippen LogP) is 0.874. The molecule has 6 nitrogen and oxygen atoms in total. The van der Waals surface area contributed by atoms with Gasteiger partial charge in [-0.1, -0.05) is 12.1 Å². The third-order valence-corrected chi connectivity index (χ3v) is 4.53. The van der Waals surface area contributed by atoms with Gasteiger partial charge in [0.05, 0.1) is 16.8 Å². The van der Waals surface area contributed by atoms with Crippen molar-refractivity contribution in [2.75, 3.05) is 36.4 Å². The van der Waals surface area contributed by atoms with E-state index in [0.29, 0.717) is 31.9 Å². The first-order valence-electron chi connectivity index (χ1n) is 8.56. The number of carboxylic acid groups (broad SMARTS) is 1. The van der Waals surface area contributed by atoms with E-state index < -0.39 is 23.7 Å². The van der Waals surface area contributed by atoms with Crippen molar-refractivity contribution in [1.29, 1.82) is 0 Å². The van der Waals surface area contributed by atoms with Crippen molar-refractivity contribution in [2.24, 2.45) is 0 Å². The normalized spacial score (nSPS) is 14.2. The van der Waals surface area contributed by atoms with Gasteiger partial charge in [-0.2, -0.15) is 13.2 Å². The fourth-order valence-electron chi connectivity index (χ4n) is 3.00. The van der Waals surface area contributed by atoms with Crippen molar-refractivity contribution >= 4 is 23.4 Å². The van der Waals surface area contributed by atoms with E-state index in [0.717, 1.165) is 12.1 Å². The SMILES string of the molecule is O=C(O)c1ccccc1NC(=O)N1CCN(c2ccc(C(F)(F)F)cc2)CC1.[H-].[Na+]. The average molecular weight is 417 g/mol. The number of urea groups is 1. The molecular formula is C19H19F3N3NaO3. The van der Waals surface area contributed by atoms with E-state index in [2.05, 4.69) is 5.32 Å². The van der Waals surface area contributed by atoms with Crippen LogP contribution in [0.1, 0.15) is 17.3 Å². The summed E-state index contributed by atoms with van der Waals surface area (Å²) in [6.45, 7) is 1.64. The minimum absolute atomic E-state index is 0. The number of alkyl halides is 3. The van der Waals surface area contributed by atoms with Gasteiger partial charge in [0, 0.05) is 31.9 Å². The number of carbonyl (C=O) groups excluding carboxylic acids is 1. The second kappa shape index (κ2) is 9.51. The van der Waals surface area contributed by atoms with Gasteiger partial charge in [-0.05, 0) is 36.4 Å². The van der Waals surface area contributed by atoms with Gasteiger partial charge in [0.25, 0.3) is 0 Å². The molecular weight excluding hydrogens is 398 g/mol. The third-order valence-electron chi connectivity index (χ3n) is 4.53. The summed E-state index contributed by atoms with van der Waals surface area (Å²) >= 11 is 0. The first kappa shape index (κ1) is 23.1. The van der Waals surface area contributed by atoms with Crippen LogP contribution >= 0.6 is 0 Å². The number of para-hydroxylation sites is 1. The van der Waals surface area contributed by atoms with Gasteiger partial charge in [-0.3, -0.25) is 0 Å². The van der Waals surface area contributed by atoms with E-state index in [1.54, 1.807) is 17.0 Å². The molecule has 0 aliphatic carbocycles. The number of piperazine rings is 1. The summed E-state index contributed by atoms with van der Waals surface area (Å²) in [6.07, 6.45) is -4.37. The second-order valence-electron chi connectivity index (χ2n) is 6.30. The van der Waals surface area contributed by atoms with Crippen LogP contribution in [0, 0.1) is 0 Å². The number of carbonyl (C=O) groups is 2. The number of nitrogens with zero attached hydrogens (tertiary/aromatic N) is 2. The number of anilines is 2. The van der Waals surface area contributed by atoms with Crippen LogP contribution in [0.25, 0.3) is 0 Å². The summed E-state index contributed by atoms with van der Waals surface area (Å²) < 4.78 is 38.0. The van der Waals surface area contributed by atoms with Crippen LogP contribution in [0.4, 0.5) is 29.3 Å². The fraction of sp³-hybridized carbons (Fsp3) is 0.263. The number of benzene rings is 2. The molecule has 0 aromatic heterocycles. The molecule has 10 heteroatoms. The van der Waals surface area contributed by atoms with E-state index in [1.165, 1.54) is 24.3 Å². The summed E-state index contributed by atoms with van der Waals surface area (Å²) in [5, 5.41) is 11.8. The number of carboxylic acids is 1. The zero-order chi connectivity index (χ0) is 20.3. The van der Waals surface area contributed by atoms with E-state index >= 15 is 0 Å². The molecule has 1 heterocycles. The van der Waals surface area contributed by atoms with E-state index in [-0.39, 0.29) is 42.2 Å². The van der Waals surface area contributed by atoms with Gasteiger partial charge in [-0.15, -0.1) is 0 Å². The first-order chi connectivity index (χ1) is 13.3. The van der Waals surface area contributed by atoms with Gasteiger partial charge in [0.2, 0.25) is 0 Å². The Morgan fingerprint density at radius 2 is 1.55 bits per heavy atom. The number of aromatic carboxylic acids is 1. The molecule has 0 saturated carbocycles. The molecule has 150 valence electrons. The zero-order valence-corrected chi connectivity index (χ0v) is 17.7. The van der Waals surface area contributed by atoms with Gasteiger partial charge >= 0.3 is 47.7 Å². The maximum Gasteiger partial charge on any atom is 1.00 e. The first-order valence-corrected chi connectivity index (χ1v) is 8.56. The minimum Gasteiger partial charge on any atom is -1.00 e. The fourth-order valence-corrected chi connectivity index (χ4v) is 3.00. The molecule has 0 atom stereocenters. The molecule has 2 aromatic rings. The zero-order valence-electron chi connectivity index (χ0n) is 16.7. The second-order valence-corrected chi connectivity index (χ2v) is 6.30. The van der Waals surface area contributed by atoms with E-state index in [9.17, 15) is 27.9 Å². The molecule has 0 bridgehead atoms. The molecule has 1 aliphatic heterocycles. The molecule has 1 saturated heterocycles. The van der Waals surface area contributed by atoms with Crippen molar-refractivity contribution < 1.29 is 58.9 Å². The molecule has 1 aliphatic rings. The summed E-state index contributed by atoms with van der Waals surface area (Å²) in [7, 11) is 0. The van der Waals surface area contributed by atoms with E-state index in [4.69, 9.17) is 0 Å². The standard InChI is InChI=1S/C19H18F3N3O3.Na.H/c20-19(21,22)13-5-7-14(8-6-13)24-9-11-25(12-10-24)18(28)23-16-4-2-1-3-15(16)17(26)27;;/h1-8H,9-12H2,(H,23,28)(H,26,27);;/q;+1;-1. The number of hydrogen-bond acceptors (Lipinski definition) is 3. The number of amides is 2. The topological polar surface area (TPSA) is 72.9 Å². The summed E-state index contributed by atoms with van der Waals surface area (Å²) in [4.78, 5) is 27.1. The number of hydrogen-bond donors (Lipinski definition) is 2. The monoisotopic (exact) mass is 417 g/mol. The smallest absolute Gasteiger partial charge is 1.00 e. The van der Waals surface area contributed by atoms with Crippen molar-refractivity contribution in [2.45, 2.75) is 6.18 Å². The van der Waals surface area contributed by atoms with Crippen LogP contribution in [0.2, 0.25) is 0 Å². The molecule has 2 N–H and O–H groups in total. The molecule has 3 rings (SSSR count). The molecule has 29 heavy (non-hydrogen) atoms. The van der Waals surface area contributed by atoms with Crippen molar-refractivity contribution in [3.8, 4) is 0 Å². The Kier molecular flexibility index (Phi) is 7.56. The van der Waals surface area contributed by atoms with Gasteiger partial charge in [-0.25, -0.2) is 9.59 Å². The molecule has 2 amide bonds. The maximum absolute atomic E-state index is 12.7. The Bertz CT molecular complexity index is 873. The maximum atomic E-state index is 12.7. The number of rotatable bonds is 3. The largest absolute Gasteiger partial charge is 1.00 e. The average Bonchev–Trinajstić information content (AvgIpc) is 2.68. The number of halogens is 3. The number of nitrogens with one attached hydrogen (secondary N) is 1. The van der Waals surface area contributed by atoms with Gasteiger partial charge in [0.1, 0.15) is 0 Å². The third kappa shape index (κ3) is 5.65. The van der Waals surface area contributed by atoms with Crippen molar-refractivity contribution in [3.05, 3.63) is 59.7 Å². The Labute approximate surface area is 189 Å². The van der Waals surface area contributed by atoms with Crippen molar-refractivity contribution in [1.82, 2.24) is 4.90 Å². The summed E-state index contributed by atoms with van der Waals surface area (Å²) in [6, 6.07) is 10.6.